The summed E-state index contributed by atoms with van der Waals surface area (Å²) in [5, 5.41) is 14.1. The summed E-state index contributed by atoms with van der Waals surface area (Å²) in [6, 6.07) is 15.3. The number of nitrogens with zero attached hydrogens (tertiary/aromatic N) is 5. The van der Waals surface area contributed by atoms with Crippen molar-refractivity contribution in [2.24, 2.45) is 0 Å². The lowest BCUT2D eigenvalue weighted by Crippen LogP contribution is -2.34. The standard InChI is InChI=1S/C30H38N6O/c1-5-27(29-32-33-34-36(29)26-12-8-9-13-26)35(15-14-23-11-7-6-10-21(23)3)19-25-18-24-17-20(2)16-22(4)28(24)31-30(25)37/h6-7,10-11,16-18,26-27H,5,8-9,12-15,19H2,1-4H3,(H,31,37)/t27-/m0/s1. The first kappa shape index (κ1) is 25.3. The van der Waals surface area contributed by atoms with E-state index in [2.05, 4.69) is 100 Å². The minimum atomic E-state index is -0.0226. The van der Waals surface area contributed by atoms with Gasteiger partial charge in [-0.2, -0.15) is 0 Å². The van der Waals surface area contributed by atoms with Gasteiger partial charge in [-0.1, -0.05) is 55.7 Å². The van der Waals surface area contributed by atoms with Crippen LogP contribution in [0.4, 0.5) is 0 Å². The Morgan fingerprint density at radius 2 is 1.84 bits per heavy atom. The van der Waals surface area contributed by atoms with Crippen LogP contribution in [-0.4, -0.2) is 36.6 Å². The number of H-pyrrole nitrogens is 1. The summed E-state index contributed by atoms with van der Waals surface area (Å²) in [6.45, 7) is 9.86. The number of tetrazole rings is 1. The molecule has 1 saturated carbocycles. The maximum absolute atomic E-state index is 13.3. The zero-order valence-electron chi connectivity index (χ0n) is 22.5. The molecule has 0 saturated heterocycles. The monoisotopic (exact) mass is 498 g/mol. The van der Waals surface area contributed by atoms with Crippen LogP contribution in [0, 0.1) is 20.8 Å². The quantitative estimate of drug-likeness (QED) is 0.318. The molecule has 7 nitrogen and oxygen atoms in total. The van der Waals surface area contributed by atoms with E-state index in [4.69, 9.17) is 0 Å². The first-order valence-electron chi connectivity index (χ1n) is 13.6. The molecule has 0 aliphatic heterocycles. The number of hydrogen-bond acceptors (Lipinski definition) is 5. The van der Waals surface area contributed by atoms with E-state index in [9.17, 15) is 4.79 Å². The van der Waals surface area contributed by atoms with Gasteiger partial charge in [0.25, 0.3) is 5.56 Å². The lowest BCUT2D eigenvalue weighted by molar-refractivity contribution is 0.169. The Morgan fingerprint density at radius 3 is 2.59 bits per heavy atom. The van der Waals surface area contributed by atoms with Crippen LogP contribution in [-0.2, 0) is 13.0 Å². The molecule has 0 radical (unpaired) electrons. The third kappa shape index (κ3) is 5.37. The van der Waals surface area contributed by atoms with Crippen LogP contribution in [0.5, 0.6) is 0 Å². The molecule has 194 valence electrons. The van der Waals surface area contributed by atoms with Crippen molar-refractivity contribution in [1.82, 2.24) is 30.1 Å². The zero-order valence-corrected chi connectivity index (χ0v) is 22.5. The van der Waals surface area contributed by atoms with Gasteiger partial charge in [0.2, 0.25) is 0 Å². The molecule has 0 amide bonds. The predicted molar refractivity (Wildman–Crippen MR) is 148 cm³/mol. The third-order valence-corrected chi connectivity index (χ3v) is 7.99. The number of aromatic amines is 1. The van der Waals surface area contributed by atoms with Gasteiger partial charge in [-0.05, 0) is 91.1 Å². The Bertz CT molecular complexity index is 1430. The molecule has 5 rings (SSSR count). The lowest BCUT2D eigenvalue weighted by atomic mass is 10.0. The minimum Gasteiger partial charge on any atom is -0.321 e. The lowest BCUT2D eigenvalue weighted by Gasteiger charge is -2.31. The summed E-state index contributed by atoms with van der Waals surface area (Å²) in [5.74, 6) is 0.920. The molecule has 2 aromatic carbocycles. The van der Waals surface area contributed by atoms with E-state index in [0.29, 0.717) is 12.6 Å². The summed E-state index contributed by atoms with van der Waals surface area (Å²) in [6.07, 6.45) is 6.47. The van der Waals surface area contributed by atoms with E-state index in [1.165, 1.54) is 29.5 Å². The highest BCUT2D eigenvalue weighted by Gasteiger charge is 2.29. The molecule has 1 atom stereocenters. The van der Waals surface area contributed by atoms with Crippen molar-refractivity contribution < 1.29 is 0 Å². The van der Waals surface area contributed by atoms with Crippen LogP contribution in [0.25, 0.3) is 10.9 Å². The molecule has 1 N–H and O–H groups in total. The van der Waals surface area contributed by atoms with Crippen molar-refractivity contribution in [2.75, 3.05) is 6.54 Å². The van der Waals surface area contributed by atoms with Crippen molar-refractivity contribution in [3.63, 3.8) is 0 Å². The van der Waals surface area contributed by atoms with Crippen LogP contribution >= 0.6 is 0 Å². The SMILES string of the molecule is CC[C@@H](c1nnnn1C1CCCC1)N(CCc1ccccc1C)Cc1cc2cc(C)cc(C)c2[nH]c1=O. The van der Waals surface area contributed by atoms with Crippen LogP contribution in [0.3, 0.4) is 0 Å². The Balaban J connectivity index is 1.51. The molecule has 0 spiro atoms. The summed E-state index contributed by atoms with van der Waals surface area (Å²) >= 11 is 0. The molecule has 0 bridgehead atoms. The number of nitrogens with one attached hydrogen (secondary N) is 1. The van der Waals surface area contributed by atoms with Crippen LogP contribution < -0.4 is 5.56 Å². The molecule has 7 heteroatoms. The number of fused-ring (bicyclic) bond motifs is 1. The molecule has 1 aliphatic carbocycles. The van der Waals surface area contributed by atoms with Gasteiger partial charge >= 0.3 is 0 Å². The maximum Gasteiger partial charge on any atom is 0.252 e. The largest absolute Gasteiger partial charge is 0.321 e. The summed E-state index contributed by atoms with van der Waals surface area (Å²) in [7, 11) is 0. The fraction of sp³-hybridized carbons (Fsp3) is 0.467. The number of aromatic nitrogens is 5. The third-order valence-electron chi connectivity index (χ3n) is 7.99. The van der Waals surface area contributed by atoms with Crippen molar-refractivity contribution >= 4 is 10.9 Å². The average Bonchev–Trinajstić information content (AvgIpc) is 3.57. The van der Waals surface area contributed by atoms with Gasteiger partial charge in [-0.15, -0.1) is 5.10 Å². The Labute approximate surface area is 218 Å². The van der Waals surface area contributed by atoms with Gasteiger partial charge in [0, 0.05) is 18.7 Å². The minimum absolute atomic E-state index is 0.0222. The topological polar surface area (TPSA) is 79.7 Å². The number of rotatable bonds is 9. The van der Waals surface area contributed by atoms with Crippen molar-refractivity contribution in [3.8, 4) is 0 Å². The Hall–Kier alpha value is -3.32. The molecule has 1 aliphatic rings. The molecule has 37 heavy (non-hydrogen) atoms. The summed E-state index contributed by atoms with van der Waals surface area (Å²) in [5.41, 5.74) is 6.59. The Morgan fingerprint density at radius 1 is 1.05 bits per heavy atom. The average molecular weight is 499 g/mol. The number of pyridine rings is 1. The van der Waals surface area contributed by atoms with E-state index < -0.39 is 0 Å². The first-order chi connectivity index (χ1) is 17.9. The van der Waals surface area contributed by atoms with Gasteiger partial charge in [0.05, 0.1) is 17.6 Å². The van der Waals surface area contributed by atoms with Crippen LogP contribution in [0.2, 0.25) is 0 Å². The highest BCUT2D eigenvalue weighted by molar-refractivity contribution is 5.82. The van der Waals surface area contributed by atoms with Crippen molar-refractivity contribution in [2.45, 2.75) is 84.8 Å². The molecule has 2 heterocycles. The first-order valence-corrected chi connectivity index (χ1v) is 13.6. The van der Waals surface area contributed by atoms with E-state index in [0.717, 1.165) is 60.1 Å². The molecule has 0 unspecified atom stereocenters. The van der Waals surface area contributed by atoms with Gasteiger partial charge in [-0.25, -0.2) is 4.68 Å². The van der Waals surface area contributed by atoms with E-state index in [-0.39, 0.29) is 11.6 Å². The van der Waals surface area contributed by atoms with Crippen LogP contribution in [0.15, 0.2) is 47.3 Å². The molecular formula is C30H38N6O. The second kappa shape index (κ2) is 11.0. The van der Waals surface area contributed by atoms with E-state index in [1.807, 2.05) is 0 Å². The zero-order chi connectivity index (χ0) is 25.9. The summed E-state index contributed by atoms with van der Waals surface area (Å²) < 4.78 is 2.07. The fourth-order valence-corrected chi connectivity index (χ4v) is 6.00. The maximum atomic E-state index is 13.3. The van der Waals surface area contributed by atoms with E-state index in [1.54, 1.807) is 0 Å². The van der Waals surface area contributed by atoms with Crippen LogP contribution in [0.1, 0.15) is 84.8 Å². The normalized spacial score (nSPS) is 15.2. The predicted octanol–water partition coefficient (Wildman–Crippen LogP) is 5.75. The number of benzene rings is 2. The van der Waals surface area contributed by atoms with Crippen molar-refractivity contribution in [1.29, 1.82) is 0 Å². The van der Waals surface area contributed by atoms with Crippen molar-refractivity contribution in [3.05, 3.63) is 86.5 Å². The molecule has 2 aromatic heterocycles. The second-order valence-electron chi connectivity index (χ2n) is 10.7. The van der Waals surface area contributed by atoms with E-state index >= 15 is 0 Å². The Kier molecular flexibility index (Phi) is 7.51. The van der Waals surface area contributed by atoms with Gasteiger partial charge < -0.3 is 4.98 Å². The molecule has 4 aromatic rings. The highest BCUT2D eigenvalue weighted by atomic mass is 16.1. The molecular weight excluding hydrogens is 460 g/mol. The molecule has 1 fully saturated rings. The number of aryl methyl sites for hydroxylation is 3. The fourth-order valence-electron chi connectivity index (χ4n) is 6.00. The highest BCUT2D eigenvalue weighted by Crippen LogP contribution is 2.33. The van der Waals surface area contributed by atoms with Gasteiger partial charge in [0.1, 0.15) is 0 Å². The van der Waals surface area contributed by atoms with Gasteiger partial charge in [-0.3, -0.25) is 9.69 Å². The second-order valence-corrected chi connectivity index (χ2v) is 10.7. The summed E-state index contributed by atoms with van der Waals surface area (Å²) in [4.78, 5) is 18.8. The van der Waals surface area contributed by atoms with Gasteiger partial charge in [0.15, 0.2) is 5.82 Å². The number of hydrogen-bond donors (Lipinski definition) is 1. The smallest absolute Gasteiger partial charge is 0.252 e.